The Labute approximate surface area is 111 Å². The maximum atomic E-state index is 12.6. The number of hydrogen-bond donors (Lipinski definition) is 1. The lowest BCUT2D eigenvalue weighted by Gasteiger charge is -2.11. The molecule has 1 N–H and O–H groups in total. The Morgan fingerprint density at radius 2 is 1.50 bits per heavy atom. The molecule has 0 spiro atoms. The number of benzene rings is 2. The summed E-state index contributed by atoms with van der Waals surface area (Å²) >= 11 is 0. The lowest BCUT2D eigenvalue weighted by molar-refractivity contribution is -0.137. The SMILES string of the molecule is Oc1ccc(C(F)(F)F)cc1-c1ccc(C(F)F)cc1. The average molecular weight is 288 g/mol. The Kier molecular flexibility index (Phi) is 3.65. The number of halogens is 5. The van der Waals surface area contributed by atoms with E-state index < -0.39 is 18.2 Å². The van der Waals surface area contributed by atoms with Gasteiger partial charge in [-0.1, -0.05) is 24.3 Å². The lowest BCUT2D eigenvalue weighted by Crippen LogP contribution is -2.04. The van der Waals surface area contributed by atoms with E-state index >= 15 is 0 Å². The monoisotopic (exact) mass is 288 g/mol. The van der Waals surface area contributed by atoms with Crippen LogP contribution in [0.2, 0.25) is 0 Å². The van der Waals surface area contributed by atoms with Crippen molar-refractivity contribution >= 4 is 0 Å². The molecule has 0 aliphatic heterocycles. The van der Waals surface area contributed by atoms with E-state index in [1.807, 2.05) is 0 Å². The first kappa shape index (κ1) is 14.3. The second-order valence-corrected chi connectivity index (χ2v) is 4.15. The normalized spacial score (nSPS) is 11.9. The van der Waals surface area contributed by atoms with Crippen LogP contribution in [0.1, 0.15) is 17.6 Å². The molecule has 0 bridgehead atoms. The van der Waals surface area contributed by atoms with Crippen molar-refractivity contribution in [3.8, 4) is 16.9 Å². The molecule has 0 heterocycles. The maximum absolute atomic E-state index is 12.6. The highest BCUT2D eigenvalue weighted by Gasteiger charge is 2.31. The topological polar surface area (TPSA) is 20.2 Å². The summed E-state index contributed by atoms with van der Waals surface area (Å²) < 4.78 is 62.6. The van der Waals surface area contributed by atoms with Gasteiger partial charge in [0.15, 0.2) is 0 Å². The standard InChI is InChI=1S/C14H9F5O/c15-13(16)9-3-1-8(2-4-9)11-7-10(14(17,18)19)5-6-12(11)20/h1-7,13,20H. The van der Waals surface area contributed by atoms with Crippen LogP contribution in [0.15, 0.2) is 42.5 Å². The quantitative estimate of drug-likeness (QED) is 0.770. The molecule has 0 fully saturated rings. The molecule has 0 radical (unpaired) electrons. The zero-order valence-corrected chi connectivity index (χ0v) is 9.96. The first-order valence-electron chi connectivity index (χ1n) is 5.58. The summed E-state index contributed by atoms with van der Waals surface area (Å²) in [5.74, 6) is -0.345. The van der Waals surface area contributed by atoms with Gasteiger partial charge in [-0.25, -0.2) is 8.78 Å². The Balaban J connectivity index is 2.46. The molecule has 106 valence electrons. The Morgan fingerprint density at radius 3 is 2.00 bits per heavy atom. The van der Waals surface area contributed by atoms with Crippen molar-refractivity contribution in [1.82, 2.24) is 0 Å². The van der Waals surface area contributed by atoms with Gasteiger partial charge in [0.2, 0.25) is 0 Å². The largest absolute Gasteiger partial charge is 0.507 e. The zero-order chi connectivity index (χ0) is 14.9. The van der Waals surface area contributed by atoms with Gasteiger partial charge >= 0.3 is 6.18 Å². The second-order valence-electron chi connectivity index (χ2n) is 4.15. The van der Waals surface area contributed by atoms with Gasteiger partial charge in [-0.05, 0) is 23.8 Å². The number of alkyl halides is 5. The highest BCUT2D eigenvalue weighted by molar-refractivity contribution is 5.71. The van der Waals surface area contributed by atoms with Crippen molar-refractivity contribution in [3.05, 3.63) is 53.6 Å². The number of rotatable bonds is 2. The van der Waals surface area contributed by atoms with Crippen molar-refractivity contribution in [1.29, 1.82) is 0 Å². The number of phenolic OH excluding ortho intramolecular Hbond substituents is 1. The van der Waals surface area contributed by atoms with Gasteiger partial charge in [0.1, 0.15) is 5.75 Å². The number of hydrogen-bond acceptors (Lipinski definition) is 1. The minimum atomic E-state index is -4.54. The van der Waals surface area contributed by atoms with Crippen molar-refractivity contribution in [2.24, 2.45) is 0 Å². The molecule has 0 atom stereocenters. The zero-order valence-electron chi connectivity index (χ0n) is 9.96. The smallest absolute Gasteiger partial charge is 0.416 e. The molecule has 2 aromatic rings. The van der Waals surface area contributed by atoms with Gasteiger partial charge in [-0.3, -0.25) is 0 Å². The third kappa shape index (κ3) is 2.89. The van der Waals surface area contributed by atoms with Crippen LogP contribution in [0.5, 0.6) is 5.75 Å². The summed E-state index contributed by atoms with van der Waals surface area (Å²) in [6.07, 6.45) is -7.19. The molecular weight excluding hydrogens is 279 g/mol. The highest BCUT2D eigenvalue weighted by atomic mass is 19.4. The summed E-state index contributed by atoms with van der Waals surface area (Å²) in [6, 6.07) is 7.19. The van der Waals surface area contributed by atoms with Crippen LogP contribution < -0.4 is 0 Å². The van der Waals surface area contributed by atoms with Gasteiger partial charge in [-0.15, -0.1) is 0 Å². The van der Waals surface area contributed by atoms with Gasteiger partial charge in [0.05, 0.1) is 5.56 Å². The first-order valence-corrected chi connectivity index (χ1v) is 5.58. The molecular formula is C14H9F5O. The molecule has 1 nitrogen and oxygen atoms in total. The van der Waals surface area contributed by atoms with Gasteiger partial charge in [-0.2, -0.15) is 13.2 Å². The summed E-state index contributed by atoms with van der Waals surface area (Å²) in [7, 11) is 0. The van der Waals surface area contributed by atoms with Crippen LogP contribution in [-0.4, -0.2) is 5.11 Å². The fourth-order valence-corrected chi connectivity index (χ4v) is 1.75. The fourth-order valence-electron chi connectivity index (χ4n) is 1.75. The molecule has 0 amide bonds. The summed E-state index contributed by atoms with van der Waals surface area (Å²) in [5, 5.41) is 9.62. The van der Waals surface area contributed by atoms with Crippen LogP contribution in [0.25, 0.3) is 11.1 Å². The molecule has 0 aliphatic carbocycles. The Bertz CT molecular complexity index is 602. The predicted octanol–water partition coefficient (Wildman–Crippen LogP) is 5.02. The average Bonchev–Trinajstić information content (AvgIpc) is 2.38. The summed E-state index contributed by atoms with van der Waals surface area (Å²) in [4.78, 5) is 0. The van der Waals surface area contributed by atoms with Crippen LogP contribution in [-0.2, 0) is 6.18 Å². The highest BCUT2D eigenvalue weighted by Crippen LogP contribution is 2.37. The van der Waals surface area contributed by atoms with E-state index in [4.69, 9.17) is 0 Å². The van der Waals surface area contributed by atoms with Gasteiger partial charge < -0.3 is 5.11 Å². The molecule has 0 aromatic heterocycles. The first-order chi connectivity index (χ1) is 9.29. The van der Waals surface area contributed by atoms with Crippen molar-refractivity contribution in [2.45, 2.75) is 12.6 Å². The van der Waals surface area contributed by atoms with E-state index in [1.165, 1.54) is 12.1 Å². The molecule has 6 heteroatoms. The van der Waals surface area contributed by atoms with Crippen LogP contribution in [0, 0.1) is 0 Å². The van der Waals surface area contributed by atoms with Crippen LogP contribution in [0.4, 0.5) is 22.0 Å². The Hall–Kier alpha value is -2.11. The van der Waals surface area contributed by atoms with Crippen LogP contribution in [0.3, 0.4) is 0 Å². The number of phenols is 1. The Morgan fingerprint density at radius 1 is 0.900 bits per heavy atom. The molecule has 2 rings (SSSR count). The summed E-state index contributed by atoms with van der Waals surface area (Å²) in [6.45, 7) is 0. The summed E-state index contributed by atoms with van der Waals surface area (Å²) in [5.41, 5.74) is -0.970. The van der Waals surface area contributed by atoms with Crippen molar-refractivity contribution in [2.75, 3.05) is 0 Å². The van der Waals surface area contributed by atoms with Crippen molar-refractivity contribution < 1.29 is 27.1 Å². The number of aromatic hydroxyl groups is 1. The van der Waals surface area contributed by atoms with E-state index in [0.29, 0.717) is 0 Å². The van der Waals surface area contributed by atoms with Crippen molar-refractivity contribution in [3.63, 3.8) is 0 Å². The van der Waals surface area contributed by atoms with E-state index in [0.717, 1.165) is 30.3 Å². The minimum Gasteiger partial charge on any atom is -0.507 e. The van der Waals surface area contributed by atoms with Crippen LogP contribution >= 0.6 is 0 Å². The molecule has 0 unspecified atom stereocenters. The predicted molar refractivity (Wildman–Crippen MR) is 63.5 cm³/mol. The van der Waals surface area contributed by atoms with Gasteiger partial charge in [0.25, 0.3) is 6.43 Å². The molecule has 0 saturated carbocycles. The van der Waals surface area contributed by atoms with E-state index in [2.05, 4.69) is 0 Å². The third-order valence-electron chi connectivity index (χ3n) is 2.80. The lowest BCUT2D eigenvalue weighted by atomic mass is 10.0. The molecule has 0 saturated heterocycles. The van der Waals surface area contributed by atoms with E-state index in [9.17, 15) is 27.1 Å². The molecule has 2 aromatic carbocycles. The third-order valence-corrected chi connectivity index (χ3v) is 2.80. The molecule has 0 aliphatic rings. The van der Waals surface area contributed by atoms with E-state index in [1.54, 1.807) is 0 Å². The van der Waals surface area contributed by atoms with Gasteiger partial charge in [0, 0.05) is 11.1 Å². The molecule has 20 heavy (non-hydrogen) atoms. The van der Waals surface area contributed by atoms with E-state index in [-0.39, 0.29) is 22.4 Å². The minimum absolute atomic E-state index is 0.0550. The second kappa shape index (κ2) is 5.11. The maximum Gasteiger partial charge on any atom is 0.416 e. The fraction of sp³-hybridized carbons (Fsp3) is 0.143.